The summed E-state index contributed by atoms with van der Waals surface area (Å²) in [6, 6.07) is 0. The first-order valence-corrected chi connectivity index (χ1v) is 5.72. The van der Waals surface area contributed by atoms with E-state index >= 15 is 0 Å². The number of nitrogens with two attached hydrogens (primary N) is 1. The van der Waals surface area contributed by atoms with Gasteiger partial charge >= 0.3 is 0 Å². The Morgan fingerprint density at radius 3 is 2.10 bits per heavy atom. The normalized spacial score (nSPS) is 23.4. The van der Waals surface area contributed by atoms with Gasteiger partial charge in [-0.1, -0.05) is 17.7 Å². The molecule has 0 aliphatic heterocycles. The molecule has 0 amide bonds. The standard InChI is InChI=1S/C6H16NPS2/c1-4-5(2,7)6(3,8)10-9/h9H,4,7-8H2,1-3H3. The van der Waals surface area contributed by atoms with Gasteiger partial charge < -0.3 is 5.73 Å². The van der Waals surface area contributed by atoms with Crippen LogP contribution < -0.4 is 5.73 Å². The minimum Gasteiger partial charge on any atom is -0.324 e. The molecule has 0 saturated carbocycles. The van der Waals surface area contributed by atoms with E-state index in [4.69, 9.17) is 5.73 Å². The number of thiol groups is 1. The molecule has 0 saturated heterocycles. The van der Waals surface area contributed by atoms with Crippen LogP contribution in [0, 0.1) is 0 Å². The van der Waals surface area contributed by atoms with E-state index in [1.165, 1.54) is 10.8 Å². The van der Waals surface area contributed by atoms with E-state index in [9.17, 15) is 0 Å². The third-order valence-electron chi connectivity index (χ3n) is 2.06. The topological polar surface area (TPSA) is 26.0 Å². The summed E-state index contributed by atoms with van der Waals surface area (Å²) >= 11 is 4.16. The molecule has 0 radical (unpaired) electrons. The zero-order valence-electron chi connectivity index (χ0n) is 6.72. The van der Waals surface area contributed by atoms with Crippen molar-refractivity contribution in [2.24, 2.45) is 5.73 Å². The van der Waals surface area contributed by atoms with Gasteiger partial charge in [-0.05, 0) is 20.3 Å². The van der Waals surface area contributed by atoms with Crippen molar-refractivity contribution >= 4 is 31.7 Å². The van der Waals surface area contributed by atoms with Crippen molar-refractivity contribution in [2.45, 2.75) is 37.2 Å². The predicted molar refractivity (Wildman–Crippen MR) is 57.6 cm³/mol. The van der Waals surface area contributed by atoms with Crippen LogP contribution in [0.1, 0.15) is 27.2 Å². The van der Waals surface area contributed by atoms with Gasteiger partial charge in [-0.15, -0.1) is 20.9 Å². The largest absolute Gasteiger partial charge is 0.324 e. The summed E-state index contributed by atoms with van der Waals surface area (Å²) in [5, 5.41) is 0. The fraction of sp³-hybridized carbons (Fsp3) is 1.00. The second kappa shape index (κ2) is 3.66. The van der Waals surface area contributed by atoms with E-state index in [-0.39, 0.29) is 10.0 Å². The van der Waals surface area contributed by atoms with Crippen molar-refractivity contribution in [3.8, 4) is 0 Å². The van der Waals surface area contributed by atoms with Crippen LogP contribution in [0.3, 0.4) is 0 Å². The maximum atomic E-state index is 6.01. The van der Waals surface area contributed by atoms with Crippen LogP contribution in [0.15, 0.2) is 0 Å². The molecule has 0 bridgehead atoms. The van der Waals surface area contributed by atoms with E-state index < -0.39 is 0 Å². The van der Waals surface area contributed by atoms with Gasteiger partial charge in [0.05, 0.1) is 4.49 Å². The molecule has 0 spiro atoms. The van der Waals surface area contributed by atoms with Crippen LogP contribution in [0.2, 0.25) is 0 Å². The Morgan fingerprint density at radius 1 is 1.60 bits per heavy atom. The molecular weight excluding hydrogens is 181 g/mol. The molecule has 0 aliphatic carbocycles. The van der Waals surface area contributed by atoms with Gasteiger partial charge in [0.2, 0.25) is 0 Å². The molecular formula is C6H16NPS2. The fourth-order valence-corrected chi connectivity index (χ4v) is 1.64. The molecule has 0 aromatic heterocycles. The Balaban J connectivity index is 4.28. The molecule has 0 rings (SSSR count). The first kappa shape index (κ1) is 11.1. The maximum Gasteiger partial charge on any atom is 0.0548 e. The van der Waals surface area contributed by atoms with Gasteiger partial charge in [-0.2, -0.15) is 0 Å². The summed E-state index contributed by atoms with van der Waals surface area (Å²) in [7, 11) is 4.23. The van der Waals surface area contributed by atoms with Gasteiger partial charge in [-0.3, -0.25) is 0 Å². The zero-order chi connectivity index (χ0) is 8.41. The Kier molecular flexibility index (Phi) is 4.06. The lowest BCUT2D eigenvalue weighted by atomic mass is 9.96. The average molecular weight is 197 g/mol. The molecule has 0 fully saturated rings. The van der Waals surface area contributed by atoms with Crippen molar-refractivity contribution in [1.29, 1.82) is 0 Å². The lowest BCUT2D eigenvalue weighted by molar-refractivity contribution is 0.426. The molecule has 3 unspecified atom stereocenters. The summed E-state index contributed by atoms with van der Waals surface area (Å²) in [5.74, 6) is 0. The molecule has 0 heterocycles. The zero-order valence-corrected chi connectivity index (χ0v) is 9.58. The molecule has 4 heteroatoms. The Labute approximate surface area is 74.9 Å². The van der Waals surface area contributed by atoms with Crippen LogP contribution in [0.5, 0.6) is 0 Å². The summed E-state index contributed by atoms with van der Waals surface area (Å²) in [4.78, 5) is 0. The molecule has 0 aliphatic rings. The quantitative estimate of drug-likeness (QED) is 0.412. The van der Waals surface area contributed by atoms with E-state index in [2.05, 4.69) is 34.7 Å². The third-order valence-corrected chi connectivity index (χ3v) is 5.65. The van der Waals surface area contributed by atoms with E-state index in [0.29, 0.717) is 0 Å². The first-order chi connectivity index (χ1) is 4.37. The highest BCUT2D eigenvalue weighted by Crippen LogP contribution is 2.43. The van der Waals surface area contributed by atoms with Crippen LogP contribution in [0.4, 0.5) is 0 Å². The lowest BCUT2D eigenvalue weighted by Crippen LogP contribution is -2.49. The molecule has 62 valence electrons. The smallest absolute Gasteiger partial charge is 0.0548 e. The van der Waals surface area contributed by atoms with Gasteiger partial charge in [0, 0.05) is 5.54 Å². The van der Waals surface area contributed by atoms with E-state index in [1.54, 1.807) is 0 Å². The van der Waals surface area contributed by atoms with Crippen molar-refractivity contribution in [3.63, 3.8) is 0 Å². The molecule has 2 N–H and O–H groups in total. The fourth-order valence-electron chi connectivity index (χ4n) is 0.455. The summed E-state index contributed by atoms with van der Waals surface area (Å²) in [5.41, 5.74) is 5.85. The van der Waals surface area contributed by atoms with Crippen molar-refractivity contribution in [3.05, 3.63) is 0 Å². The van der Waals surface area contributed by atoms with Crippen molar-refractivity contribution in [1.82, 2.24) is 0 Å². The highest BCUT2D eigenvalue weighted by molar-refractivity contribution is 8.70. The van der Waals surface area contributed by atoms with Crippen molar-refractivity contribution < 1.29 is 0 Å². The SMILES string of the molecule is CCC(C)(N)C(C)(P)SS. The monoisotopic (exact) mass is 197 g/mol. The Morgan fingerprint density at radius 2 is 2.00 bits per heavy atom. The minimum absolute atomic E-state index is 0.0368. The first-order valence-electron chi connectivity index (χ1n) is 3.27. The van der Waals surface area contributed by atoms with Gasteiger partial charge in [0.25, 0.3) is 0 Å². The number of rotatable bonds is 3. The van der Waals surface area contributed by atoms with Gasteiger partial charge in [-0.25, -0.2) is 0 Å². The minimum atomic E-state index is -0.163. The van der Waals surface area contributed by atoms with Crippen LogP contribution in [-0.4, -0.2) is 10.0 Å². The predicted octanol–water partition coefficient (Wildman–Crippen LogP) is 2.28. The third kappa shape index (κ3) is 2.30. The van der Waals surface area contributed by atoms with E-state index in [1.807, 2.05) is 6.92 Å². The molecule has 10 heavy (non-hydrogen) atoms. The van der Waals surface area contributed by atoms with Crippen LogP contribution in [-0.2, 0) is 0 Å². The van der Waals surface area contributed by atoms with Gasteiger partial charge in [0.15, 0.2) is 0 Å². The Bertz CT molecular complexity index is 100. The summed E-state index contributed by atoms with van der Waals surface area (Å²) in [6.07, 6.45) is 0.959. The summed E-state index contributed by atoms with van der Waals surface area (Å²) in [6.45, 7) is 6.22. The average Bonchev–Trinajstić information content (AvgIpc) is 1.88. The summed E-state index contributed by atoms with van der Waals surface area (Å²) < 4.78 is -0.0368. The molecule has 1 nitrogen and oxygen atoms in total. The Hall–Kier alpha value is 1.09. The van der Waals surface area contributed by atoms with Gasteiger partial charge in [0.1, 0.15) is 0 Å². The lowest BCUT2D eigenvalue weighted by Gasteiger charge is -2.38. The highest BCUT2D eigenvalue weighted by Gasteiger charge is 2.35. The maximum absolute atomic E-state index is 6.01. The molecule has 0 aromatic carbocycles. The van der Waals surface area contributed by atoms with Crippen LogP contribution in [0.25, 0.3) is 0 Å². The highest BCUT2D eigenvalue weighted by atomic mass is 33.1. The van der Waals surface area contributed by atoms with Crippen LogP contribution >= 0.6 is 31.7 Å². The number of hydrogen-bond acceptors (Lipinski definition) is 3. The van der Waals surface area contributed by atoms with E-state index in [0.717, 1.165) is 6.42 Å². The van der Waals surface area contributed by atoms with Crippen molar-refractivity contribution in [2.75, 3.05) is 0 Å². The number of hydrogen-bond donors (Lipinski definition) is 2. The second-order valence-electron chi connectivity index (χ2n) is 2.97. The molecule has 0 aromatic rings. The second-order valence-corrected chi connectivity index (χ2v) is 6.12. The molecule has 3 atom stereocenters.